The number of rotatable bonds is 2. The number of nitrogens with zero attached hydrogens (tertiary/aromatic N) is 3. The molecule has 3 N–H and O–H groups in total. The molecule has 0 spiro atoms. The molecule has 0 fully saturated rings. The molecule has 0 saturated carbocycles. The fraction of sp³-hybridized carbons (Fsp3) is 0. The number of anilines is 1. The predicted molar refractivity (Wildman–Crippen MR) is 58.8 cm³/mol. The molecule has 76 valence electrons. The quantitative estimate of drug-likeness (QED) is 0.602. The van der Waals surface area contributed by atoms with Gasteiger partial charge < -0.3 is 10.8 Å². The molecule has 1 aromatic heterocycles. The molecular weight excluding hydrogens is 212 g/mol. The first kappa shape index (κ1) is 9.60. The summed E-state index contributed by atoms with van der Waals surface area (Å²) in [4.78, 5) is 3.94. The summed E-state index contributed by atoms with van der Waals surface area (Å²) in [5, 5.41) is 19.4. The van der Waals surface area contributed by atoms with Crippen molar-refractivity contribution in [3.63, 3.8) is 0 Å². The normalized spacial score (nSPS) is 10.9. The first-order valence-corrected chi connectivity index (χ1v) is 5.03. The van der Waals surface area contributed by atoms with Gasteiger partial charge in [0.1, 0.15) is 5.75 Å². The third-order valence-electron chi connectivity index (χ3n) is 1.60. The zero-order valence-corrected chi connectivity index (χ0v) is 8.48. The second-order valence-corrected chi connectivity index (χ2v) is 3.67. The standard InChI is InChI=1S/C9H8N4OS/c10-6-3-7(5-8(14)4-6)12-13-9-11-1-2-15-9/h1-5,14H,10H2. The van der Waals surface area contributed by atoms with Crippen LogP contribution in [0, 0.1) is 0 Å². The van der Waals surface area contributed by atoms with Crippen molar-refractivity contribution in [1.29, 1.82) is 0 Å². The minimum atomic E-state index is 0.0723. The molecule has 2 aromatic rings. The van der Waals surface area contributed by atoms with E-state index in [0.29, 0.717) is 16.5 Å². The highest BCUT2D eigenvalue weighted by Crippen LogP contribution is 2.25. The highest BCUT2D eigenvalue weighted by molar-refractivity contribution is 7.13. The summed E-state index contributed by atoms with van der Waals surface area (Å²) in [7, 11) is 0. The van der Waals surface area contributed by atoms with Crippen LogP contribution in [0.4, 0.5) is 16.5 Å². The van der Waals surface area contributed by atoms with Crippen molar-refractivity contribution in [2.45, 2.75) is 0 Å². The molecular formula is C9H8N4OS. The molecule has 6 heteroatoms. The third kappa shape index (κ3) is 2.50. The number of aromatic nitrogens is 1. The maximum Gasteiger partial charge on any atom is 0.229 e. The molecule has 0 atom stereocenters. The van der Waals surface area contributed by atoms with Crippen molar-refractivity contribution in [2.75, 3.05) is 5.73 Å². The van der Waals surface area contributed by atoms with Crippen LogP contribution in [0.1, 0.15) is 0 Å². The van der Waals surface area contributed by atoms with Gasteiger partial charge in [-0.25, -0.2) is 4.98 Å². The summed E-state index contributed by atoms with van der Waals surface area (Å²) < 4.78 is 0. The first-order chi connectivity index (χ1) is 7.24. The van der Waals surface area contributed by atoms with E-state index in [1.807, 2.05) is 5.38 Å². The number of hydrogen-bond donors (Lipinski definition) is 2. The number of thiazole rings is 1. The topological polar surface area (TPSA) is 83.9 Å². The summed E-state index contributed by atoms with van der Waals surface area (Å²) in [6, 6.07) is 4.55. The van der Waals surface area contributed by atoms with Gasteiger partial charge >= 0.3 is 0 Å². The number of phenolic OH excluding ortho intramolecular Hbond substituents is 1. The van der Waals surface area contributed by atoms with Crippen LogP contribution in [0.25, 0.3) is 0 Å². The van der Waals surface area contributed by atoms with E-state index in [4.69, 9.17) is 5.73 Å². The first-order valence-electron chi connectivity index (χ1n) is 4.15. The van der Waals surface area contributed by atoms with Gasteiger partial charge in [0.2, 0.25) is 5.13 Å². The molecule has 0 amide bonds. The lowest BCUT2D eigenvalue weighted by atomic mass is 10.3. The summed E-state index contributed by atoms with van der Waals surface area (Å²) in [6.45, 7) is 0. The zero-order valence-electron chi connectivity index (χ0n) is 7.66. The van der Waals surface area contributed by atoms with Crippen molar-refractivity contribution in [2.24, 2.45) is 10.2 Å². The van der Waals surface area contributed by atoms with E-state index in [9.17, 15) is 5.11 Å². The maximum absolute atomic E-state index is 9.26. The number of azo groups is 1. The van der Waals surface area contributed by atoms with Gasteiger partial charge in [-0.3, -0.25) is 0 Å². The molecule has 0 radical (unpaired) electrons. The van der Waals surface area contributed by atoms with Gasteiger partial charge in [0, 0.05) is 29.4 Å². The van der Waals surface area contributed by atoms with Crippen molar-refractivity contribution >= 4 is 27.8 Å². The molecule has 0 bridgehead atoms. The lowest BCUT2D eigenvalue weighted by molar-refractivity contribution is 0.476. The van der Waals surface area contributed by atoms with Gasteiger partial charge in [-0.2, -0.15) is 0 Å². The molecule has 0 saturated heterocycles. The van der Waals surface area contributed by atoms with Crippen molar-refractivity contribution in [3.8, 4) is 5.75 Å². The highest BCUT2D eigenvalue weighted by Gasteiger charge is 1.96. The fourth-order valence-electron chi connectivity index (χ4n) is 1.04. The van der Waals surface area contributed by atoms with E-state index in [-0.39, 0.29) is 5.75 Å². The lowest BCUT2D eigenvalue weighted by Gasteiger charge is -1.96. The molecule has 0 unspecified atom stereocenters. The monoisotopic (exact) mass is 220 g/mol. The summed E-state index contributed by atoms with van der Waals surface area (Å²) >= 11 is 1.39. The molecule has 2 rings (SSSR count). The molecule has 0 aliphatic rings. The Balaban J connectivity index is 2.24. The van der Waals surface area contributed by atoms with Crippen LogP contribution in [0.2, 0.25) is 0 Å². The van der Waals surface area contributed by atoms with E-state index in [0.717, 1.165) is 0 Å². The largest absolute Gasteiger partial charge is 0.508 e. The van der Waals surface area contributed by atoms with Gasteiger partial charge in [-0.05, 0) is 6.07 Å². The number of aromatic hydroxyl groups is 1. The van der Waals surface area contributed by atoms with Crippen molar-refractivity contribution < 1.29 is 5.11 Å². The molecule has 0 aliphatic carbocycles. The second kappa shape index (κ2) is 4.05. The number of nitrogen functional groups attached to an aromatic ring is 1. The Labute approximate surface area is 89.9 Å². The Morgan fingerprint density at radius 3 is 2.80 bits per heavy atom. The third-order valence-corrected chi connectivity index (χ3v) is 2.25. The van der Waals surface area contributed by atoms with Gasteiger partial charge in [-0.15, -0.1) is 21.6 Å². The minimum Gasteiger partial charge on any atom is -0.508 e. The van der Waals surface area contributed by atoms with Crippen molar-refractivity contribution in [1.82, 2.24) is 4.98 Å². The average Bonchev–Trinajstić information content (AvgIpc) is 2.65. The van der Waals surface area contributed by atoms with Crippen LogP contribution in [-0.4, -0.2) is 10.1 Å². The summed E-state index contributed by atoms with van der Waals surface area (Å²) in [5.41, 5.74) is 6.48. The zero-order chi connectivity index (χ0) is 10.7. The molecule has 0 aliphatic heterocycles. The average molecular weight is 220 g/mol. The van der Waals surface area contributed by atoms with Gasteiger partial charge in [0.25, 0.3) is 0 Å². The number of nitrogens with two attached hydrogens (primary N) is 1. The van der Waals surface area contributed by atoms with Gasteiger partial charge in [-0.1, -0.05) is 0 Å². The maximum atomic E-state index is 9.26. The second-order valence-electron chi connectivity index (χ2n) is 2.80. The van der Waals surface area contributed by atoms with E-state index >= 15 is 0 Å². The Morgan fingerprint density at radius 1 is 1.27 bits per heavy atom. The number of phenols is 1. The Morgan fingerprint density at radius 2 is 2.13 bits per heavy atom. The summed E-state index contributed by atoms with van der Waals surface area (Å²) in [6.07, 6.45) is 1.65. The van der Waals surface area contributed by atoms with Crippen LogP contribution in [0.3, 0.4) is 0 Å². The van der Waals surface area contributed by atoms with Crippen LogP contribution in [-0.2, 0) is 0 Å². The van der Waals surface area contributed by atoms with Crippen LogP contribution >= 0.6 is 11.3 Å². The predicted octanol–water partition coefficient (Wildman–Crippen LogP) is 2.85. The molecule has 1 heterocycles. The fourth-order valence-corrected chi connectivity index (χ4v) is 1.49. The Bertz CT molecular complexity index is 461. The van der Waals surface area contributed by atoms with Crippen molar-refractivity contribution in [3.05, 3.63) is 29.8 Å². The molecule has 1 aromatic carbocycles. The Kier molecular flexibility index (Phi) is 2.59. The highest BCUT2D eigenvalue weighted by atomic mass is 32.1. The van der Waals surface area contributed by atoms with E-state index in [2.05, 4.69) is 15.2 Å². The number of hydrogen-bond acceptors (Lipinski definition) is 6. The lowest BCUT2D eigenvalue weighted by Crippen LogP contribution is -1.82. The van der Waals surface area contributed by atoms with E-state index < -0.39 is 0 Å². The van der Waals surface area contributed by atoms with Crippen LogP contribution in [0.5, 0.6) is 5.75 Å². The smallest absolute Gasteiger partial charge is 0.229 e. The SMILES string of the molecule is Nc1cc(O)cc(N=Nc2nccs2)c1. The van der Waals surface area contributed by atoms with Crippen LogP contribution < -0.4 is 5.73 Å². The number of benzene rings is 1. The minimum absolute atomic E-state index is 0.0723. The molecule has 5 nitrogen and oxygen atoms in total. The van der Waals surface area contributed by atoms with Gasteiger partial charge in [0.05, 0.1) is 5.69 Å². The van der Waals surface area contributed by atoms with Gasteiger partial charge in [0.15, 0.2) is 0 Å². The molecule has 15 heavy (non-hydrogen) atoms. The van der Waals surface area contributed by atoms with E-state index in [1.54, 1.807) is 12.3 Å². The van der Waals surface area contributed by atoms with E-state index in [1.165, 1.54) is 23.5 Å². The Hall–Kier alpha value is -1.95. The van der Waals surface area contributed by atoms with Crippen LogP contribution in [0.15, 0.2) is 40.0 Å². The summed E-state index contributed by atoms with van der Waals surface area (Å²) in [5.74, 6) is 0.0723.